The first-order chi connectivity index (χ1) is 10.5. The van der Waals surface area contributed by atoms with Crippen LogP contribution < -0.4 is 5.32 Å². The zero-order valence-corrected chi connectivity index (χ0v) is 12.7. The molecule has 0 atom stereocenters. The highest BCUT2D eigenvalue weighted by atomic mass is 16.1. The zero-order chi connectivity index (χ0) is 16.1. The van der Waals surface area contributed by atoms with Crippen molar-refractivity contribution in [3.63, 3.8) is 0 Å². The van der Waals surface area contributed by atoms with Gasteiger partial charge in [-0.1, -0.05) is 0 Å². The summed E-state index contributed by atoms with van der Waals surface area (Å²) >= 11 is 0. The van der Waals surface area contributed by atoms with Gasteiger partial charge in [0.05, 0.1) is 5.69 Å². The monoisotopic (exact) mass is 295 g/mol. The Morgan fingerprint density at radius 2 is 2.09 bits per heavy atom. The molecule has 0 aliphatic carbocycles. The summed E-state index contributed by atoms with van der Waals surface area (Å²) in [5, 5.41) is 16.3. The largest absolute Gasteiger partial charge is 0.349 e. The van der Waals surface area contributed by atoms with E-state index in [0.717, 1.165) is 5.56 Å². The van der Waals surface area contributed by atoms with Gasteiger partial charge in [0.25, 0.3) is 5.91 Å². The van der Waals surface area contributed by atoms with Crippen molar-refractivity contribution in [2.24, 2.45) is 7.05 Å². The Balaban J connectivity index is 2.43. The Hall–Kier alpha value is -2.94. The molecule has 6 heteroatoms. The summed E-state index contributed by atoms with van der Waals surface area (Å²) in [6.07, 6.45) is 6.68. The number of carbonyl (C=O) groups excluding carboxylic acids is 1. The highest BCUT2D eigenvalue weighted by Gasteiger charge is 2.14. The van der Waals surface area contributed by atoms with E-state index in [2.05, 4.69) is 15.4 Å². The molecule has 2 heterocycles. The number of rotatable bonds is 4. The number of aromatic nitrogens is 3. The van der Waals surface area contributed by atoms with E-state index in [-0.39, 0.29) is 17.5 Å². The summed E-state index contributed by atoms with van der Waals surface area (Å²) in [6.45, 7) is 3.69. The molecule has 0 unspecified atom stereocenters. The summed E-state index contributed by atoms with van der Waals surface area (Å²) in [6, 6.07) is 5.58. The van der Waals surface area contributed by atoms with E-state index in [1.165, 1.54) is 0 Å². The maximum absolute atomic E-state index is 12.0. The van der Waals surface area contributed by atoms with Crippen LogP contribution >= 0.6 is 0 Å². The minimum absolute atomic E-state index is 0.0298. The van der Waals surface area contributed by atoms with Crippen LogP contribution in [0.2, 0.25) is 0 Å². The standard InChI is InChI=1S/C16H17N5O/c1-11(2)19-16(22)13(9-17)8-14-10-21(3)20-15(14)12-4-6-18-7-5-12/h4-8,10-11H,1-3H3,(H,19,22)/b13-8-. The molecule has 2 rings (SSSR count). The fraction of sp³-hybridized carbons (Fsp3) is 0.250. The molecule has 0 aromatic carbocycles. The molecule has 0 aliphatic heterocycles. The quantitative estimate of drug-likeness (QED) is 0.690. The second kappa shape index (κ2) is 6.68. The SMILES string of the molecule is CC(C)NC(=O)/C(C#N)=C\c1cn(C)nc1-c1ccncc1. The summed E-state index contributed by atoms with van der Waals surface area (Å²) in [7, 11) is 1.79. The zero-order valence-electron chi connectivity index (χ0n) is 12.7. The third-order valence-electron chi connectivity index (χ3n) is 2.90. The van der Waals surface area contributed by atoms with Crippen molar-refractivity contribution in [2.75, 3.05) is 0 Å². The van der Waals surface area contributed by atoms with Crippen LogP contribution in [-0.4, -0.2) is 26.7 Å². The van der Waals surface area contributed by atoms with Crippen LogP contribution in [-0.2, 0) is 11.8 Å². The third kappa shape index (κ3) is 3.58. The molecule has 0 fully saturated rings. The van der Waals surface area contributed by atoms with Crippen LogP contribution in [0.5, 0.6) is 0 Å². The van der Waals surface area contributed by atoms with E-state index in [0.29, 0.717) is 11.3 Å². The number of carbonyl (C=O) groups is 1. The minimum atomic E-state index is -0.387. The number of hydrogen-bond acceptors (Lipinski definition) is 4. The fourth-order valence-electron chi connectivity index (χ4n) is 1.99. The molecule has 6 nitrogen and oxygen atoms in total. The van der Waals surface area contributed by atoms with Crippen LogP contribution in [0.4, 0.5) is 0 Å². The molecule has 1 amide bonds. The van der Waals surface area contributed by atoms with E-state index in [1.54, 1.807) is 36.4 Å². The molecule has 0 radical (unpaired) electrons. The van der Waals surface area contributed by atoms with Crippen molar-refractivity contribution < 1.29 is 4.79 Å². The van der Waals surface area contributed by atoms with E-state index in [4.69, 9.17) is 0 Å². The van der Waals surface area contributed by atoms with Gasteiger partial charge in [0.1, 0.15) is 11.6 Å². The molecule has 0 saturated carbocycles. The maximum Gasteiger partial charge on any atom is 0.262 e. The molecule has 1 N–H and O–H groups in total. The van der Waals surface area contributed by atoms with Crippen molar-refractivity contribution >= 4 is 12.0 Å². The van der Waals surface area contributed by atoms with Crippen LogP contribution in [0.3, 0.4) is 0 Å². The van der Waals surface area contributed by atoms with Crippen LogP contribution in [0.1, 0.15) is 19.4 Å². The van der Waals surface area contributed by atoms with E-state index < -0.39 is 0 Å². The van der Waals surface area contributed by atoms with Gasteiger partial charge in [0.2, 0.25) is 0 Å². The average molecular weight is 295 g/mol. The van der Waals surface area contributed by atoms with Gasteiger partial charge in [-0.3, -0.25) is 14.5 Å². The molecule has 0 aliphatic rings. The normalized spacial score (nSPS) is 11.3. The van der Waals surface area contributed by atoms with E-state index in [1.807, 2.05) is 32.0 Å². The lowest BCUT2D eigenvalue weighted by Crippen LogP contribution is -2.30. The summed E-state index contributed by atoms with van der Waals surface area (Å²) in [5.41, 5.74) is 2.35. The molecule has 2 aromatic heterocycles. The lowest BCUT2D eigenvalue weighted by Gasteiger charge is -2.06. The van der Waals surface area contributed by atoms with Crippen molar-refractivity contribution in [3.8, 4) is 17.3 Å². The fourth-order valence-corrected chi connectivity index (χ4v) is 1.99. The van der Waals surface area contributed by atoms with Gasteiger partial charge < -0.3 is 5.32 Å². The lowest BCUT2D eigenvalue weighted by atomic mass is 10.1. The second-order valence-corrected chi connectivity index (χ2v) is 5.14. The lowest BCUT2D eigenvalue weighted by molar-refractivity contribution is -0.117. The number of hydrogen-bond donors (Lipinski definition) is 1. The smallest absolute Gasteiger partial charge is 0.262 e. The van der Waals surface area contributed by atoms with Crippen LogP contribution in [0.15, 0.2) is 36.3 Å². The van der Waals surface area contributed by atoms with Gasteiger partial charge in [0.15, 0.2) is 0 Å². The Morgan fingerprint density at radius 1 is 1.41 bits per heavy atom. The number of amides is 1. The Bertz CT molecular complexity index is 738. The second-order valence-electron chi connectivity index (χ2n) is 5.14. The number of nitrogens with zero attached hydrogens (tertiary/aromatic N) is 4. The number of pyridine rings is 1. The minimum Gasteiger partial charge on any atom is -0.349 e. The molecule has 112 valence electrons. The molecular weight excluding hydrogens is 278 g/mol. The van der Waals surface area contributed by atoms with E-state index in [9.17, 15) is 10.1 Å². The first-order valence-electron chi connectivity index (χ1n) is 6.88. The molecule has 2 aromatic rings. The molecule has 0 bridgehead atoms. The van der Waals surface area contributed by atoms with Crippen molar-refractivity contribution in [2.45, 2.75) is 19.9 Å². The maximum atomic E-state index is 12.0. The van der Waals surface area contributed by atoms with Crippen molar-refractivity contribution in [1.29, 1.82) is 5.26 Å². The first-order valence-corrected chi connectivity index (χ1v) is 6.88. The van der Waals surface area contributed by atoms with Gasteiger partial charge in [-0.05, 0) is 32.1 Å². The predicted molar refractivity (Wildman–Crippen MR) is 83.3 cm³/mol. The van der Waals surface area contributed by atoms with E-state index >= 15 is 0 Å². The van der Waals surface area contributed by atoms with Gasteiger partial charge in [-0.2, -0.15) is 10.4 Å². The van der Waals surface area contributed by atoms with Gasteiger partial charge >= 0.3 is 0 Å². The van der Waals surface area contributed by atoms with Crippen molar-refractivity contribution in [3.05, 3.63) is 41.9 Å². The first kappa shape index (κ1) is 15.4. The summed E-state index contributed by atoms with van der Waals surface area (Å²) < 4.78 is 1.65. The Labute approximate surface area is 129 Å². The number of nitrogens with one attached hydrogen (secondary N) is 1. The molecule has 22 heavy (non-hydrogen) atoms. The highest BCUT2D eigenvalue weighted by molar-refractivity contribution is 6.02. The molecular formula is C16H17N5O. The highest BCUT2D eigenvalue weighted by Crippen LogP contribution is 2.23. The number of nitriles is 1. The third-order valence-corrected chi connectivity index (χ3v) is 2.90. The number of aryl methyl sites for hydroxylation is 1. The molecule has 0 saturated heterocycles. The van der Waals surface area contributed by atoms with Crippen LogP contribution in [0, 0.1) is 11.3 Å². The molecule has 0 spiro atoms. The van der Waals surface area contributed by atoms with Gasteiger partial charge in [0, 0.05) is 42.8 Å². The van der Waals surface area contributed by atoms with Crippen LogP contribution in [0.25, 0.3) is 17.3 Å². The average Bonchev–Trinajstić information content (AvgIpc) is 2.85. The summed E-state index contributed by atoms with van der Waals surface area (Å²) in [4.78, 5) is 16.0. The topological polar surface area (TPSA) is 83.6 Å². The van der Waals surface area contributed by atoms with Gasteiger partial charge in [-0.25, -0.2) is 0 Å². The van der Waals surface area contributed by atoms with Gasteiger partial charge in [-0.15, -0.1) is 0 Å². The predicted octanol–water partition coefficient (Wildman–Crippen LogP) is 1.91. The summed E-state index contributed by atoms with van der Waals surface area (Å²) in [5.74, 6) is -0.387. The Morgan fingerprint density at radius 3 is 2.68 bits per heavy atom. The Kier molecular flexibility index (Phi) is 4.69. The van der Waals surface area contributed by atoms with Crippen molar-refractivity contribution in [1.82, 2.24) is 20.1 Å².